The molecule has 0 saturated carbocycles. The predicted molar refractivity (Wildman–Crippen MR) is 59.8 cm³/mol. The molecule has 1 aliphatic heterocycles. The van der Waals surface area contributed by atoms with Gasteiger partial charge in [0.25, 0.3) is 0 Å². The third-order valence-corrected chi connectivity index (χ3v) is 2.32. The van der Waals surface area contributed by atoms with Gasteiger partial charge in [-0.2, -0.15) is 0 Å². The molecule has 18 heavy (non-hydrogen) atoms. The summed E-state index contributed by atoms with van der Waals surface area (Å²) < 4.78 is 4.47. The van der Waals surface area contributed by atoms with Gasteiger partial charge >= 0.3 is 0 Å². The fourth-order valence-corrected chi connectivity index (χ4v) is 1.24. The molecule has 6 N–H and O–H groups in total. The molecule has 1 aromatic carbocycles. The van der Waals surface area contributed by atoms with Crippen LogP contribution in [0.5, 0.6) is 11.5 Å². The Balaban J connectivity index is 0.000000184. The van der Waals surface area contributed by atoms with Crippen molar-refractivity contribution in [2.75, 3.05) is 6.61 Å². The molecule has 1 aromatic rings. The van der Waals surface area contributed by atoms with Crippen LogP contribution in [-0.4, -0.2) is 61.8 Å². The largest absolute Gasteiger partial charge is 0.508 e. The number of hydrogen-bond acceptors (Lipinski definition) is 7. The van der Waals surface area contributed by atoms with E-state index in [1.807, 2.05) is 0 Å². The highest BCUT2D eigenvalue weighted by Gasteiger charge is 2.36. The van der Waals surface area contributed by atoms with Gasteiger partial charge in [-0.25, -0.2) is 0 Å². The van der Waals surface area contributed by atoms with E-state index < -0.39 is 24.6 Å². The second-order valence-corrected chi connectivity index (χ2v) is 3.79. The zero-order chi connectivity index (χ0) is 13.7. The van der Waals surface area contributed by atoms with E-state index in [0.717, 1.165) is 0 Å². The smallest absolute Gasteiger partial charge is 0.183 e. The van der Waals surface area contributed by atoms with Crippen LogP contribution in [0.1, 0.15) is 0 Å². The number of aliphatic hydroxyl groups excluding tert-OH is 4. The van der Waals surface area contributed by atoms with Crippen LogP contribution in [0, 0.1) is 0 Å². The van der Waals surface area contributed by atoms with Gasteiger partial charge in [0.05, 0.1) is 6.61 Å². The number of hydrogen-bond donors (Lipinski definition) is 6. The maximum atomic E-state index is 8.88. The Bertz CT molecular complexity index is 318. The molecule has 0 radical (unpaired) electrons. The van der Waals surface area contributed by atoms with E-state index in [0.29, 0.717) is 0 Å². The van der Waals surface area contributed by atoms with Crippen molar-refractivity contribution < 1.29 is 35.4 Å². The molecule has 0 bridgehead atoms. The molecular weight excluding hydrogens is 244 g/mol. The highest BCUT2D eigenvalue weighted by Crippen LogP contribution is 2.13. The van der Waals surface area contributed by atoms with Gasteiger partial charge in [0.15, 0.2) is 6.29 Å². The van der Waals surface area contributed by atoms with Crippen LogP contribution in [0.15, 0.2) is 24.3 Å². The van der Waals surface area contributed by atoms with Gasteiger partial charge in [-0.15, -0.1) is 0 Å². The predicted octanol–water partition coefficient (Wildman–Crippen LogP) is -1.48. The minimum Gasteiger partial charge on any atom is -0.508 e. The monoisotopic (exact) mass is 260 g/mol. The van der Waals surface area contributed by atoms with Crippen molar-refractivity contribution in [1.82, 2.24) is 0 Å². The molecule has 1 fully saturated rings. The molecule has 1 aliphatic rings. The Kier molecular flexibility index (Phi) is 5.32. The van der Waals surface area contributed by atoms with Gasteiger partial charge in [-0.3, -0.25) is 0 Å². The molecule has 102 valence electrons. The average Bonchev–Trinajstić information content (AvgIpc) is 2.36. The summed E-state index contributed by atoms with van der Waals surface area (Å²) in [5.41, 5.74) is 0. The van der Waals surface area contributed by atoms with E-state index >= 15 is 0 Å². The second-order valence-electron chi connectivity index (χ2n) is 3.79. The first-order valence-electron chi connectivity index (χ1n) is 5.23. The van der Waals surface area contributed by atoms with Crippen molar-refractivity contribution in [2.45, 2.75) is 24.6 Å². The zero-order valence-corrected chi connectivity index (χ0v) is 9.42. The Morgan fingerprint density at radius 2 is 1.28 bits per heavy atom. The van der Waals surface area contributed by atoms with Crippen LogP contribution in [0.3, 0.4) is 0 Å². The van der Waals surface area contributed by atoms with E-state index in [2.05, 4.69) is 4.74 Å². The van der Waals surface area contributed by atoms with Crippen molar-refractivity contribution >= 4 is 0 Å². The van der Waals surface area contributed by atoms with E-state index in [1.54, 1.807) is 0 Å². The summed E-state index contributed by atoms with van der Waals surface area (Å²) in [7, 11) is 0. The molecule has 7 heteroatoms. The van der Waals surface area contributed by atoms with Crippen LogP contribution < -0.4 is 0 Å². The maximum Gasteiger partial charge on any atom is 0.183 e. The summed E-state index contributed by atoms with van der Waals surface area (Å²) in [6.45, 7) is -0.153. The van der Waals surface area contributed by atoms with Crippen molar-refractivity contribution in [3.05, 3.63) is 24.3 Å². The average molecular weight is 260 g/mol. The highest BCUT2D eigenvalue weighted by atomic mass is 16.6. The minimum absolute atomic E-state index is 0.153. The fraction of sp³-hybridized carbons (Fsp3) is 0.455. The van der Waals surface area contributed by atoms with Crippen LogP contribution in [0.2, 0.25) is 0 Å². The number of ether oxygens (including phenoxy) is 1. The molecule has 7 nitrogen and oxygen atoms in total. The number of phenolic OH excluding ortho intramolecular Hbond substituents is 2. The Morgan fingerprint density at radius 3 is 1.67 bits per heavy atom. The third-order valence-electron chi connectivity index (χ3n) is 2.32. The van der Waals surface area contributed by atoms with Gasteiger partial charge in [0.1, 0.15) is 29.8 Å². The van der Waals surface area contributed by atoms with Gasteiger partial charge in [-0.05, 0) is 24.3 Å². The minimum atomic E-state index is -1.41. The fourth-order valence-electron chi connectivity index (χ4n) is 1.24. The highest BCUT2D eigenvalue weighted by molar-refractivity contribution is 5.28. The molecule has 0 aliphatic carbocycles. The molecule has 0 spiro atoms. The van der Waals surface area contributed by atoms with E-state index in [9.17, 15) is 0 Å². The number of aromatic hydroxyl groups is 2. The first-order chi connectivity index (χ1) is 8.41. The summed E-state index contributed by atoms with van der Waals surface area (Å²) in [6, 6.07) is 5.70. The van der Waals surface area contributed by atoms with E-state index in [-0.39, 0.29) is 18.1 Å². The molecule has 1 heterocycles. The zero-order valence-electron chi connectivity index (χ0n) is 9.42. The number of benzene rings is 1. The van der Waals surface area contributed by atoms with Crippen molar-refractivity contribution in [3.8, 4) is 11.5 Å². The van der Waals surface area contributed by atoms with Crippen LogP contribution in [0.25, 0.3) is 0 Å². The Labute approximate surface area is 103 Å². The van der Waals surface area contributed by atoms with Crippen molar-refractivity contribution in [1.29, 1.82) is 0 Å². The third kappa shape index (κ3) is 4.13. The lowest BCUT2D eigenvalue weighted by molar-refractivity contribution is -0.252. The van der Waals surface area contributed by atoms with Gasteiger partial charge in [0.2, 0.25) is 0 Å². The standard InChI is InChI=1S/C6H6O2.C5H10O5/c7-5-1-2-6(8)4-3-5;6-2-1-10-5(9)4(8)3(2)7/h1-4,7-8H;2-9H,1H2/t;2-,3+,4-,5-/m.1/s1. The molecule has 0 amide bonds. The first kappa shape index (κ1) is 14.7. The lowest BCUT2D eigenvalue weighted by Crippen LogP contribution is -2.52. The summed E-state index contributed by atoms with van der Waals surface area (Å²) in [5.74, 6) is 0.339. The van der Waals surface area contributed by atoms with E-state index in [1.165, 1.54) is 24.3 Å². The van der Waals surface area contributed by atoms with Gasteiger partial charge in [0, 0.05) is 0 Å². The molecular formula is C11H16O7. The first-order valence-corrected chi connectivity index (χ1v) is 5.23. The van der Waals surface area contributed by atoms with Crippen LogP contribution in [0.4, 0.5) is 0 Å². The summed E-state index contributed by atoms with van der Waals surface area (Å²) >= 11 is 0. The normalized spacial score (nSPS) is 31.3. The van der Waals surface area contributed by atoms with Crippen molar-refractivity contribution in [2.24, 2.45) is 0 Å². The van der Waals surface area contributed by atoms with Gasteiger partial charge < -0.3 is 35.4 Å². The Morgan fingerprint density at radius 1 is 0.833 bits per heavy atom. The molecule has 0 unspecified atom stereocenters. The summed E-state index contributed by atoms with van der Waals surface area (Å²) in [6.07, 6.45) is -5.23. The summed E-state index contributed by atoms with van der Waals surface area (Å²) in [4.78, 5) is 0. The quantitative estimate of drug-likeness (QED) is 0.313. The Hall–Kier alpha value is -1.38. The lowest BCUT2D eigenvalue weighted by Gasteiger charge is -2.31. The van der Waals surface area contributed by atoms with Crippen molar-refractivity contribution in [3.63, 3.8) is 0 Å². The number of rotatable bonds is 0. The lowest BCUT2D eigenvalue weighted by atomic mass is 10.1. The second kappa shape index (κ2) is 6.53. The topological polar surface area (TPSA) is 131 Å². The van der Waals surface area contributed by atoms with Gasteiger partial charge in [-0.1, -0.05) is 0 Å². The summed E-state index contributed by atoms with van der Waals surface area (Å²) in [5, 5.41) is 52.5. The number of phenols is 2. The molecule has 1 saturated heterocycles. The molecule has 2 rings (SSSR count). The number of aliphatic hydroxyl groups is 4. The molecule has 4 atom stereocenters. The SMILES string of the molecule is O[C@@H]1[C@@H](O)[C@H](O)OC[C@H]1O.Oc1ccc(O)cc1. The van der Waals surface area contributed by atoms with Crippen LogP contribution in [-0.2, 0) is 4.74 Å². The van der Waals surface area contributed by atoms with Crippen LogP contribution >= 0.6 is 0 Å². The van der Waals surface area contributed by atoms with E-state index in [4.69, 9.17) is 30.6 Å². The maximum absolute atomic E-state index is 8.88. The molecule has 0 aromatic heterocycles.